The summed E-state index contributed by atoms with van der Waals surface area (Å²) >= 11 is 5.28. The first-order valence-electron chi connectivity index (χ1n) is 3.85. The molecule has 0 atom stereocenters. The van der Waals surface area contributed by atoms with Gasteiger partial charge in [0.1, 0.15) is 6.00 Å². The highest BCUT2D eigenvalue weighted by molar-refractivity contribution is 6.18. The van der Waals surface area contributed by atoms with Crippen LogP contribution in [0.15, 0.2) is 5.29 Å². The Labute approximate surface area is 82.4 Å². The zero-order valence-corrected chi connectivity index (χ0v) is 8.76. The van der Waals surface area contributed by atoms with E-state index in [1.807, 2.05) is 20.8 Å². The van der Waals surface area contributed by atoms with Gasteiger partial charge < -0.3 is 5.32 Å². The first-order chi connectivity index (χ1) is 5.90. The molecule has 0 saturated carbocycles. The molecule has 0 aromatic carbocycles. The summed E-state index contributed by atoms with van der Waals surface area (Å²) in [4.78, 5) is 21.1. The molecule has 5 nitrogen and oxygen atoms in total. The normalized spacial score (nSPS) is 10.8. The van der Waals surface area contributed by atoms with Gasteiger partial charge in [0.2, 0.25) is 0 Å². The van der Waals surface area contributed by atoms with Gasteiger partial charge in [0.25, 0.3) is 0 Å². The standard InChI is InChI=1S/C7H14ClN3O2/c1-7(2,3)4-9-6(12)11(5-8)10-13/h4-5H2,1-3H3,(H,9,12). The maximum absolute atomic E-state index is 11.1. The van der Waals surface area contributed by atoms with Crippen LogP contribution in [-0.2, 0) is 0 Å². The highest BCUT2D eigenvalue weighted by atomic mass is 35.5. The molecule has 0 heterocycles. The van der Waals surface area contributed by atoms with Crippen LogP contribution in [0.25, 0.3) is 0 Å². The number of urea groups is 1. The molecule has 1 N–H and O–H groups in total. The molecule has 0 fully saturated rings. The maximum atomic E-state index is 11.1. The van der Waals surface area contributed by atoms with Crippen molar-refractivity contribution >= 4 is 17.6 Å². The third kappa shape index (κ3) is 5.41. The number of rotatable bonds is 3. The quantitative estimate of drug-likeness (QED) is 0.333. The van der Waals surface area contributed by atoms with Crippen molar-refractivity contribution < 1.29 is 4.79 Å². The van der Waals surface area contributed by atoms with Crippen LogP contribution in [0.3, 0.4) is 0 Å². The van der Waals surface area contributed by atoms with E-state index in [1.54, 1.807) is 0 Å². The molecule has 0 spiro atoms. The molecule has 6 heteroatoms. The number of amides is 2. The van der Waals surface area contributed by atoms with Gasteiger partial charge in [-0.2, -0.15) is 5.01 Å². The first-order valence-corrected chi connectivity index (χ1v) is 4.39. The molecule has 13 heavy (non-hydrogen) atoms. The van der Waals surface area contributed by atoms with Crippen molar-refractivity contribution in [1.82, 2.24) is 10.3 Å². The van der Waals surface area contributed by atoms with E-state index >= 15 is 0 Å². The second-order valence-electron chi connectivity index (χ2n) is 3.82. The Hall–Kier alpha value is -0.840. The minimum Gasteiger partial charge on any atom is -0.336 e. The first kappa shape index (κ1) is 12.2. The summed E-state index contributed by atoms with van der Waals surface area (Å²) < 4.78 is 0. The fourth-order valence-electron chi connectivity index (χ4n) is 0.545. The van der Waals surface area contributed by atoms with E-state index in [2.05, 4.69) is 10.6 Å². The Bertz CT molecular complexity index is 191. The van der Waals surface area contributed by atoms with E-state index in [4.69, 9.17) is 11.6 Å². The second-order valence-corrected chi connectivity index (χ2v) is 4.06. The largest absolute Gasteiger partial charge is 0.341 e. The number of carbonyl (C=O) groups excluding carboxylic acids is 1. The summed E-state index contributed by atoms with van der Waals surface area (Å²) in [5.41, 5.74) is -0.0312. The summed E-state index contributed by atoms with van der Waals surface area (Å²) in [6, 6.07) is -0.806. The predicted octanol–water partition coefficient (Wildman–Crippen LogP) is 1.92. The van der Waals surface area contributed by atoms with Crippen LogP contribution in [0.1, 0.15) is 20.8 Å². The Morgan fingerprint density at radius 3 is 2.38 bits per heavy atom. The van der Waals surface area contributed by atoms with Gasteiger partial charge in [-0.15, -0.1) is 16.5 Å². The SMILES string of the molecule is CC(C)(C)CNC(=O)N(CCl)N=O. The van der Waals surface area contributed by atoms with Crippen LogP contribution >= 0.6 is 11.6 Å². The van der Waals surface area contributed by atoms with E-state index in [0.29, 0.717) is 11.6 Å². The molecule has 0 unspecified atom stereocenters. The monoisotopic (exact) mass is 207 g/mol. The topological polar surface area (TPSA) is 61.8 Å². The summed E-state index contributed by atoms with van der Waals surface area (Å²) in [5, 5.41) is 5.60. The third-order valence-corrected chi connectivity index (χ3v) is 1.44. The number of hydrogen-bond donors (Lipinski definition) is 1. The molecule has 0 aliphatic rings. The molecule has 0 aliphatic heterocycles. The van der Waals surface area contributed by atoms with Gasteiger partial charge in [-0.05, 0) is 5.41 Å². The summed E-state index contributed by atoms with van der Waals surface area (Å²) in [7, 11) is 0. The van der Waals surface area contributed by atoms with Gasteiger partial charge in [0, 0.05) is 6.54 Å². The van der Waals surface area contributed by atoms with Crippen LogP contribution < -0.4 is 5.32 Å². The number of nitroso groups, excluding NO2 is 1. The van der Waals surface area contributed by atoms with E-state index in [1.165, 1.54) is 0 Å². The van der Waals surface area contributed by atoms with E-state index in [9.17, 15) is 9.70 Å². The molecular formula is C7H14ClN3O2. The summed E-state index contributed by atoms with van der Waals surface area (Å²) in [6.45, 7) is 6.36. The van der Waals surface area contributed by atoms with Crippen molar-refractivity contribution in [3.8, 4) is 0 Å². The fraction of sp³-hybridized carbons (Fsp3) is 0.857. The lowest BCUT2D eigenvalue weighted by molar-refractivity contribution is 0.202. The van der Waals surface area contributed by atoms with Crippen molar-refractivity contribution in [3.63, 3.8) is 0 Å². The summed E-state index contributed by atoms with van der Waals surface area (Å²) in [5.74, 6) is 0. The molecule has 76 valence electrons. The van der Waals surface area contributed by atoms with E-state index in [0.717, 1.165) is 0 Å². The van der Waals surface area contributed by atoms with Crippen LogP contribution in [0.4, 0.5) is 4.79 Å². The lowest BCUT2D eigenvalue weighted by Crippen LogP contribution is -2.39. The lowest BCUT2D eigenvalue weighted by Gasteiger charge is -2.20. The Morgan fingerprint density at radius 2 is 2.08 bits per heavy atom. The van der Waals surface area contributed by atoms with Gasteiger partial charge in [-0.1, -0.05) is 20.8 Å². The molecule has 0 radical (unpaired) electrons. The van der Waals surface area contributed by atoms with Crippen molar-refractivity contribution in [2.75, 3.05) is 12.5 Å². The Kier molecular flexibility index (Phi) is 4.69. The molecule has 0 saturated heterocycles. The van der Waals surface area contributed by atoms with Crippen molar-refractivity contribution in [3.05, 3.63) is 4.91 Å². The van der Waals surface area contributed by atoms with E-state index < -0.39 is 6.03 Å². The van der Waals surface area contributed by atoms with Gasteiger partial charge in [-0.3, -0.25) is 0 Å². The zero-order chi connectivity index (χ0) is 10.5. The lowest BCUT2D eigenvalue weighted by atomic mass is 9.97. The minimum absolute atomic E-state index is 0.0312. The van der Waals surface area contributed by atoms with Crippen LogP contribution in [0.2, 0.25) is 0 Å². The molecule has 0 bridgehead atoms. The number of nitrogens with zero attached hydrogens (tertiary/aromatic N) is 2. The highest BCUT2D eigenvalue weighted by Crippen LogP contribution is 2.10. The Morgan fingerprint density at radius 1 is 1.54 bits per heavy atom. The molecule has 0 aliphatic carbocycles. The van der Waals surface area contributed by atoms with Crippen LogP contribution in [-0.4, -0.2) is 23.6 Å². The van der Waals surface area contributed by atoms with Gasteiger partial charge in [-0.25, -0.2) is 4.79 Å². The van der Waals surface area contributed by atoms with Crippen molar-refractivity contribution in [2.24, 2.45) is 10.7 Å². The van der Waals surface area contributed by atoms with E-state index in [-0.39, 0.29) is 11.4 Å². The number of carbonyl (C=O) groups is 1. The zero-order valence-electron chi connectivity index (χ0n) is 8.00. The predicted molar refractivity (Wildman–Crippen MR) is 51.2 cm³/mol. The number of halogens is 1. The average Bonchev–Trinajstić information content (AvgIpc) is 2.02. The van der Waals surface area contributed by atoms with Gasteiger partial charge >= 0.3 is 6.03 Å². The fourth-order valence-corrected chi connectivity index (χ4v) is 0.697. The highest BCUT2D eigenvalue weighted by Gasteiger charge is 2.16. The molecule has 0 rings (SSSR count). The van der Waals surface area contributed by atoms with Crippen LogP contribution in [0, 0.1) is 10.3 Å². The van der Waals surface area contributed by atoms with Crippen LogP contribution in [0.5, 0.6) is 0 Å². The third-order valence-electron chi connectivity index (χ3n) is 1.22. The number of hydrogen-bond acceptors (Lipinski definition) is 3. The molecule has 0 aromatic heterocycles. The van der Waals surface area contributed by atoms with Gasteiger partial charge in [0.05, 0.1) is 5.29 Å². The molecule has 2 amide bonds. The smallest absolute Gasteiger partial charge is 0.336 e. The maximum Gasteiger partial charge on any atom is 0.341 e. The molecule has 0 aromatic rings. The Balaban J connectivity index is 3.93. The summed E-state index contributed by atoms with van der Waals surface area (Å²) in [6.07, 6.45) is 0. The minimum atomic E-state index is -0.570. The average molecular weight is 208 g/mol. The van der Waals surface area contributed by atoms with Crippen molar-refractivity contribution in [1.29, 1.82) is 0 Å². The van der Waals surface area contributed by atoms with Crippen molar-refractivity contribution in [2.45, 2.75) is 20.8 Å². The molecular weight excluding hydrogens is 194 g/mol. The second kappa shape index (κ2) is 5.01. The van der Waals surface area contributed by atoms with Gasteiger partial charge in [0.15, 0.2) is 0 Å². The number of alkyl halides is 1. The number of nitrogens with one attached hydrogen (secondary N) is 1.